The second-order valence-electron chi connectivity index (χ2n) is 4.11. The topological polar surface area (TPSA) is 113 Å². The summed E-state index contributed by atoms with van der Waals surface area (Å²) in [5.74, 6) is -4.69. The Balaban J connectivity index is 2.82. The molecule has 1 amide bonds. The number of nitrogens with one attached hydrogen (secondary N) is 1. The van der Waals surface area contributed by atoms with Crippen LogP contribution in [0.1, 0.15) is 23.2 Å². The lowest BCUT2D eigenvalue weighted by atomic mass is 10.1. The summed E-state index contributed by atoms with van der Waals surface area (Å²) in [5.41, 5.74) is -0.651. The van der Waals surface area contributed by atoms with Crippen LogP contribution in [0.4, 0.5) is 4.39 Å². The highest BCUT2D eigenvalue weighted by molar-refractivity contribution is 5.99. The number of amides is 1. The van der Waals surface area contributed by atoms with E-state index in [1.54, 1.807) is 0 Å². The van der Waals surface area contributed by atoms with Gasteiger partial charge in [-0.25, -0.2) is 9.18 Å². The molecule has 0 saturated heterocycles. The molecule has 0 aliphatic heterocycles. The molecule has 0 heterocycles. The van der Waals surface area contributed by atoms with E-state index in [0.717, 1.165) is 19.2 Å². The van der Waals surface area contributed by atoms with Crippen molar-refractivity contribution in [1.82, 2.24) is 5.32 Å². The number of phenolic OH excluding ortho intramolecular Hbond substituents is 1. The average molecular weight is 299 g/mol. The summed E-state index contributed by atoms with van der Waals surface area (Å²) < 4.78 is 17.8. The smallest absolute Gasteiger partial charge is 0.326 e. The van der Waals surface area contributed by atoms with Crippen molar-refractivity contribution in [2.24, 2.45) is 0 Å². The quantitative estimate of drug-likeness (QED) is 0.665. The maximum Gasteiger partial charge on any atom is 0.326 e. The molecule has 1 atom stereocenters. The van der Waals surface area contributed by atoms with E-state index >= 15 is 0 Å². The number of esters is 1. The zero-order valence-corrected chi connectivity index (χ0v) is 11.1. The molecule has 0 aliphatic rings. The number of carboxylic acids is 1. The minimum atomic E-state index is -1.41. The van der Waals surface area contributed by atoms with E-state index in [2.05, 4.69) is 4.74 Å². The predicted octanol–water partition coefficient (Wildman–Crippen LogP) is 0.667. The number of phenols is 1. The van der Waals surface area contributed by atoms with Gasteiger partial charge in [-0.2, -0.15) is 0 Å². The van der Waals surface area contributed by atoms with Gasteiger partial charge in [0.15, 0.2) is 0 Å². The Hall–Kier alpha value is -2.64. The van der Waals surface area contributed by atoms with Crippen LogP contribution in [0.2, 0.25) is 0 Å². The van der Waals surface area contributed by atoms with Crippen molar-refractivity contribution in [3.63, 3.8) is 0 Å². The van der Waals surface area contributed by atoms with E-state index in [9.17, 15) is 23.9 Å². The van der Waals surface area contributed by atoms with Crippen LogP contribution in [-0.2, 0) is 14.3 Å². The summed E-state index contributed by atoms with van der Waals surface area (Å²) in [6, 6.07) is 1.85. The zero-order chi connectivity index (χ0) is 16.0. The van der Waals surface area contributed by atoms with Crippen molar-refractivity contribution in [1.29, 1.82) is 0 Å². The summed E-state index contributed by atoms with van der Waals surface area (Å²) in [7, 11) is 1.15. The molecule has 1 rings (SSSR count). The Morgan fingerprint density at radius 2 is 2.05 bits per heavy atom. The van der Waals surface area contributed by atoms with E-state index in [0.29, 0.717) is 0 Å². The molecule has 21 heavy (non-hydrogen) atoms. The Bertz CT molecular complexity index is 539. The van der Waals surface area contributed by atoms with E-state index in [1.165, 1.54) is 6.07 Å². The first-order chi connectivity index (χ1) is 9.86. The number of aliphatic carboxylic acids is 1. The molecule has 0 fully saturated rings. The van der Waals surface area contributed by atoms with Crippen molar-refractivity contribution in [3.05, 3.63) is 29.6 Å². The Morgan fingerprint density at radius 3 is 2.57 bits per heavy atom. The van der Waals surface area contributed by atoms with Gasteiger partial charge >= 0.3 is 11.9 Å². The number of ether oxygens (including phenoxy) is 1. The second-order valence-corrected chi connectivity index (χ2v) is 4.11. The van der Waals surface area contributed by atoms with Crippen molar-refractivity contribution in [2.75, 3.05) is 7.11 Å². The van der Waals surface area contributed by atoms with Gasteiger partial charge in [0.1, 0.15) is 23.2 Å². The van der Waals surface area contributed by atoms with Gasteiger partial charge in [-0.05, 0) is 18.6 Å². The molecule has 0 aromatic heterocycles. The predicted molar refractivity (Wildman–Crippen MR) is 68.2 cm³/mol. The number of hydrogen-bond acceptors (Lipinski definition) is 5. The third kappa shape index (κ3) is 4.44. The first kappa shape index (κ1) is 16.4. The molecule has 0 spiro atoms. The van der Waals surface area contributed by atoms with Crippen LogP contribution in [0.5, 0.6) is 5.75 Å². The molecule has 0 bridgehead atoms. The van der Waals surface area contributed by atoms with Crippen LogP contribution in [0.3, 0.4) is 0 Å². The third-order valence-electron chi connectivity index (χ3n) is 2.69. The number of benzene rings is 1. The number of hydrogen-bond donors (Lipinski definition) is 3. The van der Waals surface area contributed by atoms with Crippen LogP contribution < -0.4 is 5.32 Å². The third-order valence-corrected chi connectivity index (χ3v) is 2.69. The van der Waals surface area contributed by atoms with E-state index in [-0.39, 0.29) is 12.8 Å². The summed E-state index contributed by atoms with van der Waals surface area (Å²) in [6.45, 7) is 0. The molecule has 1 aromatic carbocycles. The summed E-state index contributed by atoms with van der Waals surface area (Å²) in [5, 5.41) is 20.5. The van der Waals surface area contributed by atoms with Gasteiger partial charge in [0.2, 0.25) is 0 Å². The molecule has 1 aromatic rings. The monoisotopic (exact) mass is 299 g/mol. The average Bonchev–Trinajstić information content (AvgIpc) is 2.42. The normalized spacial score (nSPS) is 11.5. The molecule has 0 unspecified atom stereocenters. The van der Waals surface area contributed by atoms with Gasteiger partial charge in [-0.15, -0.1) is 0 Å². The lowest BCUT2D eigenvalue weighted by Gasteiger charge is -2.14. The highest BCUT2D eigenvalue weighted by atomic mass is 19.1. The van der Waals surface area contributed by atoms with E-state index in [1.807, 2.05) is 5.32 Å². The number of carbonyl (C=O) groups is 3. The minimum Gasteiger partial charge on any atom is -0.507 e. The summed E-state index contributed by atoms with van der Waals surface area (Å²) in [6.07, 6.45) is -0.444. The zero-order valence-electron chi connectivity index (χ0n) is 11.1. The molecule has 0 radical (unpaired) electrons. The number of aromatic hydroxyl groups is 1. The van der Waals surface area contributed by atoms with Crippen molar-refractivity contribution in [2.45, 2.75) is 18.9 Å². The fraction of sp³-hybridized carbons (Fsp3) is 0.308. The van der Waals surface area contributed by atoms with Gasteiger partial charge in [-0.1, -0.05) is 6.07 Å². The van der Waals surface area contributed by atoms with Crippen LogP contribution in [0, 0.1) is 5.82 Å². The van der Waals surface area contributed by atoms with Crippen LogP contribution in [0.15, 0.2) is 18.2 Å². The van der Waals surface area contributed by atoms with Gasteiger partial charge in [-0.3, -0.25) is 9.59 Å². The number of methoxy groups -OCH3 is 1. The molecular weight excluding hydrogens is 285 g/mol. The number of halogens is 1. The number of carbonyl (C=O) groups excluding carboxylic acids is 2. The highest BCUT2D eigenvalue weighted by Gasteiger charge is 2.24. The van der Waals surface area contributed by atoms with Crippen LogP contribution >= 0.6 is 0 Å². The molecular formula is C13H14FNO6. The minimum absolute atomic E-state index is 0.219. The number of rotatable bonds is 6. The van der Waals surface area contributed by atoms with Gasteiger partial charge in [0.05, 0.1) is 7.11 Å². The lowest BCUT2D eigenvalue weighted by Crippen LogP contribution is -2.41. The number of carboxylic acid groups (broad SMARTS) is 1. The Labute approximate surface area is 119 Å². The fourth-order valence-electron chi connectivity index (χ4n) is 1.59. The molecule has 8 heteroatoms. The molecule has 114 valence electrons. The molecule has 3 N–H and O–H groups in total. The van der Waals surface area contributed by atoms with E-state index in [4.69, 9.17) is 5.11 Å². The largest absolute Gasteiger partial charge is 0.507 e. The van der Waals surface area contributed by atoms with Crippen LogP contribution in [-0.4, -0.2) is 41.2 Å². The Morgan fingerprint density at radius 1 is 1.38 bits per heavy atom. The summed E-state index contributed by atoms with van der Waals surface area (Å²) >= 11 is 0. The maximum atomic E-state index is 13.5. The summed E-state index contributed by atoms with van der Waals surface area (Å²) in [4.78, 5) is 33.8. The van der Waals surface area contributed by atoms with Gasteiger partial charge in [0, 0.05) is 6.42 Å². The van der Waals surface area contributed by atoms with Crippen molar-refractivity contribution >= 4 is 17.8 Å². The fourth-order valence-corrected chi connectivity index (χ4v) is 1.59. The van der Waals surface area contributed by atoms with Crippen molar-refractivity contribution in [3.8, 4) is 5.75 Å². The van der Waals surface area contributed by atoms with E-state index < -0.39 is 41.0 Å². The van der Waals surface area contributed by atoms with Crippen molar-refractivity contribution < 1.29 is 33.7 Å². The maximum absolute atomic E-state index is 13.5. The van der Waals surface area contributed by atoms with Gasteiger partial charge in [0.25, 0.3) is 5.91 Å². The lowest BCUT2D eigenvalue weighted by molar-refractivity contribution is -0.142. The first-order valence-electron chi connectivity index (χ1n) is 5.94. The standard InChI is InChI=1S/C13H14FNO6/c1-21-10(17)6-5-8(13(19)20)15-12(18)11-7(14)3-2-4-9(11)16/h2-4,8,16H,5-6H2,1H3,(H,15,18)(H,19,20)/t8-/m0/s1. The molecule has 0 aliphatic carbocycles. The molecule has 0 saturated carbocycles. The SMILES string of the molecule is COC(=O)CC[C@H](NC(=O)c1c(O)cccc1F)C(=O)O. The van der Waals surface area contributed by atoms with Gasteiger partial charge < -0.3 is 20.3 Å². The highest BCUT2D eigenvalue weighted by Crippen LogP contribution is 2.19. The van der Waals surface area contributed by atoms with Crippen LogP contribution in [0.25, 0.3) is 0 Å². The second kappa shape index (κ2) is 7.22. The molecule has 7 nitrogen and oxygen atoms in total. The first-order valence-corrected chi connectivity index (χ1v) is 5.94. The Kier molecular flexibility index (Phi) is 5.65.